The van der Waals surface area contributed by atoms with E-state index >= 15 is 0 Å². The summed E-state index contributed by atoms with van der Waals surface area (Å²) >= 11 is 0. The van der Waals surface area contributed by atoms with Crippen molar-refractivity contribution in [3.8, 4) is 0 Å². The van der Waals surface area contributed by atoms with Gasteiger partial charge in [0.2, 0.25) is 0 Å². The first-order valence-corrected chi connectivity index (χ1v) is 10.5. The van der Waals surface area contributed by atoms with E-state index in [0.29, 0.717) is 11.3 Å². The van der Waals surface area contributed by atoms with Gasteiger partial charge in [-0.15, -0.1) is 0 Å². The molecule has 0 saturated heterocycles. The number of allylic oxidation sites excluding steroid dienone is 3. The first kappa shape index (κ1) is 28.2. The van der Waals surface area contributed by atoms with Crippen molar-refractivity contribution < 1.29 is 33.8 Å². The predicted molar refractivity (Wildman–Crippen MR) is 128 cm³/mol. The lowest BCUT2D eigenvalue weighted by Crippen LogP contribution is -2.56. The van der Waals surface area contributed by atoms with Crippen LogP contribution in [0.15, 0.2) is 60.4 Å². The Morgan fingerprint density at radius 1 is 1.09 bits per heavy atom. The molecule has 34 heavy (non-hydrogen) atoms. The Hall–Kier alpha value is -3.88. The van der Waals surface area contributed by atoms with Crippen molar-refractivity contribution in [2.45, 2.75) is 52.7 Å². The first-order chi connectivity index (χ1) is 15.7. The lowest BCUT2D eigenvalue weighted by atomic mass is 9.81. The monoisotopic (exact) mass is 472 g/mol. The SMILES string of the molecule is C=C(/C=C\C(=C/C)OC=O)C(C)C(C)(NC(=O)c1ccc(NC(=O)OC(C)(C)C)cc1)C(=O)O. The molecule has 2 unspecified atom stereocenters. The average Bonchev–Trinajstić information content (AvgIpc) is 2.74. The van der Waals surface area contributed by atoms with E-state index in [1.165, 1.54) is 43.3 Å². The van der Waals surface area contributed by atoms with E-state index in [0.717, 1.165) is 0 Å². The Bertz CT molecular complexity index is 988. The number of carbonyl (C=O) groups is 4. The van der Waals surface area contributed by atoms with Crippen LogP contribution in [0.2, 0.25) is 0 Å². The molecule has 9 nitrogen and oxygen atoms in total. The van der Waals surface area contributed by atoms with Crippen LogP contribution in [0.3, 0.4) is 0 Å². The predicted octanol–water partition coefficient (Wildman–Crippen LogP) is 4.43. The Morgan fingerprint density at radius 3 is 2.15 bits per heavy atom. The Labute approximate surface area is 199 Å². The molecule has 0 heterocycles. The van der Waals surface area contributed by atoms with Crippen molar-refractivity contribution >= 4 is 30.1 Å². The molecular weight excluding hydrogens is 440 g/mol. The number of carbonyl (C=O) groups excluding carboxylic acids is 3. The van der Waals surface area contributed by atoms with Gasteiger partial charge in [-0.25, -0.2) is 9.59 Å². The molecule has 0 aliphatic heterocycles. The second-order valence-electron chi connectivity index (χ2n) is 8.70. The van der Waals surface area contributed by atoms with Crippen LogP contribution in [0, 0.1) is 5.92 Å². The number of aliphatic carboxylic acids is 1. The lowest BCUT2D eigenvalue weighted by molar-refractivity contribution is -0.145. The van der Waals surface area contributed by atoms with E-state index in [1.807, 2.05) is 0 Å². The van der Waals surface area contributed by atoms with Crippen LogP contribution in [-0.4, -0.2) is 40.7 Å². The van der Waals surface area contributed by atoms with E-state index < -0.39 is 35.0 Å². The quantitative estimate of drug-likeness (QED) is 0.261. The molecule has 184 valence electrons. The second kappa shape index (κ2) is 11.8. The smallest absolute Gasteiger partial charge is 0.412 e. The fourth-order valence-electron chi connectivity index (χ4n) is 2.74. The maximum atomic E-state index is 12.8. The first-order valence-electron chi connectivity index (χ1n) is 10.5. The molecule has 0 aromatic heterocycles. The highest BCUT2D eigenvalue weighted by Crippen LogP contribution is 2.26. The van der Waals surface area contributed by atoms with Gasteiger partial charge in [-0.1, -0.05) is 19.6 Å². The van der Waals surface area contributed by atoms with Crippen LogP contribution >= 0.6 is 0 Å². The van der Waals surface area contributed by atoms with Gasteiger partial charge in [0.15, 0.2) is 0 Å². The third kappa shape index (κ3) is 8.23. The zero-order chi connectivity index (χ0) is 26.1. The summed E-state index contributed by atoms with van der Waals surface area (Å²) in [4.78, 5) is 47.3. The van der Waals surface area contributed by atoms with E-state index in [-0.39, 0.29) is 17.8 Å². The number of hydrogen-bond donors (Lipinski definition) is 3. The lowest BCUT2D eigenvalue weighted by Gasteiger charge is -2.33. The second-order valence-corrected chi connectivity index (χ2v) is 8.70. The number of ether oxygens (including phenoxy) is 2. The molecule has 1 aromatic rings. The summed E-state index contributed by atoms with van der Waals surface area (Å²) in [6.07, 6.45) is 3.92. The summed E-state index contributed by atoms with van der Waals surface area (Å²) in [5.41, 5.74) is -1.33. The van der Waals surface area contributed by atoms with E-state index in [1.54, 1.807) is 40.7 Å². The van der Waals surface area contributed by atoms with E-state index in [9.17, 15) is 24.3 Å². The summed E-state index contributed by atoms with van der Waals surface area (Å²) < 4.78 is 9.95. The Morgan fingerprint density at radius 2 is 1.68 bits per heavy atom. The van der Waals surface area contributed by atoms with Crippen LogP contribution in [0.1, 0.15) is 51.9 Å². The topological polar surface area (TPSA) is 131 Å². The normalized spacial score (nSPS) is 14.5. The fourth-order valence-corrected chi connectivity index (χ4v) is 2.74. The van der Waals surface area contributed by atoms with Crippen molar-refractivity contribution in [3.05, 3.63) is 66.0 Å². The average molecular weight is 473 g/mol. The largest absolute Gasteiger partial charge is 0.479 e. The van der Waals surface area contributed by atoms with Crippen LogP contribution in [0.5, 0.6) is 0 Å². The summed E-state index contributed by atoms with van der Waals surface area (Å²) in [7, 11) is 0. The number of carboxylic acids is 1. The molecule has 0 fully saturated rings. The van der Waals surface area contributed by atoms with E-state index in [4.69, 9.17) is 9.47 Å². The highest BCUT2D eigenvalue weighted by molar-refractivity contribution is 5.98. The van der Waals surface area contributed by atoms with Crippen molar-refractivity contribution in [2.75, 3.05) is 5.32 Å². The zero-order valence-electron chi connectivity index (χ0n) is 20.3. The molecule has 0 radical (unpaired) electrons. The van der Waals surface area contributed by atoms with E-state index in [2.05, 4.69) is 17.2 Å². The van der Waals surface area contributed by atoms with Crippen LogP contribution in [-0.2, 0) is 19.1 Å². The molecule has 1 rings (SSSR count). The molecule has 2 amide bonds. The molecule has 0 saturated carbocycles. The summed E-state index contributed by atoms with van der Waals surface area (Å²) in [6, 6.07) is 5.93. The molecule has 9 heteroatoms. The Kier molecular flexibility index (Phi) is 9.79. The van der Waals surface area contributed by atoms with Gasteiger partial charge >= 0.3 is 12.1 Å². The van der Waals surface area contributed by atoms with Crippen LogP contribution < -0.4 is 10.6 Å². The van der Waals surface area contributed by atoms with Crippen molar-refractivity contribution in [1.29, 1.82) is 0 Å². The number of carboxylic acid groups (broad SMARTS) is 1. The molecule has 0 bridgehead atoms. The van der Waals surface area contributed by atoms with Gasteiger partial charge in [-0.05, 0) is 76.6 Å². The molecule has 3 N–H and O–H groups in total. The molecule has 2 atom stereocenters. The number of benzene rings is 1. The third-order valence-electron chi connectivity index (χ3n) is 4.96. The maximum absolute atomic E-state index is 12.8. The van der Waals surface area contributed by atoms with Gasteiger partial charge in [0, 0.05) is 17.2 Å². The van der Waals surface area contributed by atoms with Crippen molar-refractivity contribution in [3.63, 3.8) is 0 Å². The molecule has 0 aliphatic rings. The van der Waals surface area contributed by atoms with Gasteiger partial charge in [-0.2, -0.15) is 0 Å². The van der Waals surface area contributed by atoms with Crippen molar-refractivity contribution in [1.82, 2.24) is 5.32 Å². The number of rotatable bonds is 10. The zero-order valence-corrected chi connectivity index (χ0v) is 20.3. The minimum absolute atomic E-state index is 0.200. The van der Waals surface area contributed by atoms with Gasteiger partial charge < -0.3 is 19.9 Å². The van der Waals surface area contributed by atoms with Crippen LogP contribution in [0.25, 0.3) is 0 Å². The van der Waals surface area contributed by atoms with Gasteiger partial charge in [0.05, 0.1) is 0 Å². The number of anilines is 1. The minimum Gasteiger partial charge on any atom is -0.479 e. The summed E-state index contributed by atoms with van der Waals surface area (Å²) in [5, 5.41) is 15.0. The Balaban J connectivity index is 2.97. The van der Waals surface area contributed by atoms with Crippen LogP contribution in [0.4, 0.5) is 10.5 Å². The highest BCUT2D eigenvalue weighted by atomic mass is 16.6. The van der Waals surface area contributed by atoms with Gasteiger partial charge in [0.1, 0.15) is 16.9 Å². The third-order valence-corrected chi connectivity index (χ3v) is 4.96. The number of amides is 2. The molecular formula is C25H32N2O7. The number of hydrogen-bond acceptors (Lipinski definition) is 6. The molecule has 0 aliphatic carbocycles. The summed E-state index contributed by atoms with van der Waals surface area (Å²) in [5.74, 6) is -2.31. The molecule has 1 aromatic carbocycles. The number of nitrogens with one attached hydrogen (secondary N) is 2. The van der Waals surface area contributed by atoms with Gasteiger partial charge in [-0.3, -0.25) is 14.9 Å². The standard InChI is InChI=1S/C25H32N2O7/c1-8-20(33-15-28)14-9-16(2)17(3)25(7,22(30)31)27-21(29)18-10-12-19(13-11-18)26-23(32)34-24(4,5)6/h8-15,17H,2H2,1,3-7H3,(H,26,32)(H,27,29)(H,30,31)/b14-9-,20-8+. The van der Waals surface area contributed by atoms with Crippen molar-refractivity contribution in [2.24, 2.45) is 5.92 Å². The minimum atomic E-state index is -1.69. The maximum Gasteiger partial charge on any atom is 0.412 e. The highest BCUT2D eigenvalue weighted by Gasteiger charge is 2.41. The molecule has 0 spiro atoms. The fraction of sp³-hybridized carbons (Fsp3) is 0.360. The summed E-state index contributed by atoms with van der Waals surface area (Å²) in [6.45, 7) is 14.1. The van der Waals surface area contributed by atoms with Gasteiger partial charge in [0.25, 0.3) is 12.4 Å².